The zero-order valence-corrected chi connectivity index (χ0v) is 14.2. The van der Waals surface area contributed by atoms with E-state index in [1.165, 1.54) is 0 Å². The molecule has 0 unspecified atom stereocenters. The average Bonchev–Trinajstić information content (AvgIpc) is 2.98. The van der Waals surface area contributed by atoms with Crippen molar-refractivity contribution < 1.29 is 83.9 Å². The van der Waals surface area contributed by atoms with Crippen molar-refractivity contribution in [2.45, 2.75) is 24.4 Å². The number of carbonyl (C=O) groups is 2. The van der Waals surface area contributed by atoms with Gasteiger partial charge in [-0.1, -0.05) is 5.76 Å². The Morgan fingerprint density at radius 1 is 0.923 bits per heavy atom. The van der Waals surface area contributed by atoms with Crippen LogP contribution < -0.4 is 10.2 Å². The predicted molar refractivity (Wildman–Crippen MR) is 68.9 cm³/mol. The van der Waals surface area contributed by atoms with E-state index in [0.717, 1.165) is 0 Å². The number of hydrogen-bond donors (Lipinski definition) is 6. The fourth-order valence-electron chi connectivity index (χ4n) is 1.62. The van der Waals surface area contributed by atoms with Crippen LogP contribution in [-0.2, 0) is 37.6 Å². The first kappa shape index (κ1) is 26.2. The van der Waals surface area contributed by atoms with Gasteiger partial charge in [0.15, 0.2) is 11.9 Å². The molecular weight excluding hydrogens is 403 g/mol. The summed E-state index contributed by atoms with van der Waals surface area (Å²) in [7, 11) is 0. The third-order valence-corrected chi connectivity index (χ3v) is 2.91. The Morgan fingerprint density at radius 2 is 1.35 bits per heavy atom. The summed E-state index contributed by atoms with van der Waals surface area (Å²) in [6.07, 6.45) is -5.83. The summed E-state index contributed by atoms with van der Waals surface area (Å²) in [4.78, 5) is 21.0. The molecule has 14 heteroatoms. The van der Waals surface area contributed by atoms with Gasteiger partial charge in [-0.05, 0) is 5.76 Å². The van der Waals surface area contributed by atoms with Crippen LogP contribution >= 0.6 is 0 Å². The molecule has 2 heterocycles. The summed E-state index contributed by atoms with van der Waals surface area (Å²) < 4.78 is 8.51. The standard InChI is InChI=1S/2C6H8O6.H2O.V/c2*7-1-2(8)5-3(9)4(10)6(11)12-5;;/h2*2,5,7-10H,1H2;1H2;/q;;;+2/p-2/t2*2-,5+;;/m00../s1. The SMILES string of the molecule is O.O=C1O[C@H]([C@@H](O)CO)C(O)=C1O.O=C1O[C@H]([C@@H](O)CO)C([O-])=C1[O-].[V+2]. The van der Waals surface area contributed by atoms with Gasteiger partial charge >= 0.3 is 30.5 Å². The van der Waals surface area contributed by atoms with Gasteiger partial charge in [0.1, 0.15) is 18.3 Å². The number of carbonyl (C=O) groups excluding carboxylic acids is 2. The van der Waals surface area contributed by atoms with E-state index in [4.69, 9.17) is 30.6 Å². The molecule has 0 aliphatic carbocycles. The quantitative estimate of drug-likeness (QED) is 0.233. The molecule has 0 spiro atoms. The van der Waals surface area contributed by atoms with Crippen molar-refractivity contribution in [3.63, 3.8) is 0 Å². The molecule has 0 saturated heterocycles. The van der Waals surface area contributed by atoms with E-state index in [9.17, 15) is 19.8 Å². The molecular formula is C12H16O13V. The fraction of sp³-hybridized carbons (Fsp3) is 0.500. The molecule has 1 radical (unpaired) electrons. The molecule has 2 aliphatic rings. The zero-order chi connectivity index (χ0) is 18.6. The summed E-state index contributed by atoms with van der Waals surface area (Å²) in [5.74, 6) is -6.45. The predicted octanol–water partition coefficient (Wildman–Crippen LogP) is -6.04. The van der Waals surface area contributed by atoms with Gasteiger partial charge in [0.25, 0.3) is 0 Å². The van der Waals surface area contributed by atoms with Crippen LogP contribution in [0, 0.1) is 0 Å². The van der Waals surface area contributed by atoms with E-state index in [1.54, 1.807) is 0 Å². The van der Waals surface area contributed by atoms with E-state index >= 15 is 0 Å². The number of esters is 2. The Kier molecular flexibility index (Phi) is 11.0. The number of hydrogen-bond acceptors (Lipinski definition) is 12. The first-order valence-electron chi connectivity index (χ1n) is 6.35. The molecule has 13 nitrogen and oxygen atoms in total. The normalized spacial score (nSPS) is 23.8. The second kappa shape index (κ2) is 10.9. The largest absolute Gasteiger partial charge is 2.00 e. The summed E-state index contributed by atoms with van der Waals surface area (Å²) in [6, 6.07) is 0. The maximum Gasteiger partial charge on any atom is 2.00 e. The Balaban J connectivity index is 0. The molecule has 0 aromatic heterocycles. The van der Waals surface area contributed by atoms with Gasteiger partial charge in [-0.15, -0.1) is 0 Å². The van der Waals surface area contributed by atoms with E-state index in [2.05, 4.69) is 9.47 Å². The van der Waals surface area contributed by atoms with Crippen molar-refractivity contribution in [3.8, 4) is 0 Å². The Labute approximate surface area is 157 Å². The van der Waals surface area contributed by atoms with Crippen LogP contribution in [0.1, 0.15) is 0 Å². The van der Waals surface area contributed by atoms with Gasteiger partial charge in [-0.25, -0.2) is 9.59 Å². The maximum absolute atomic E-state index is 10.7. The third kappa shape index (κ3) is 5.50. The van der Waals surface area contributed by atoms with Crippen LogP contribution in [0.5, 0.6) is 0 Å². The molecule has 0 aromatic carbocycles. The minimum Gasteiger partial charge on any atom is -0.873 e. The van der Waals surface area contributed by atoms with Crippen LogP contribution in [-0.4, -0.2) is 85.7 Å². The monoisotopic (exact) mass is 419 g/mol. The van der Waals surface area contributed by atoms with Gasteiger partial charge in [0.05, 0.1) is 13.2 Å². The summed E-state index contributed by atoms with van der Waals surface area (Å²) in [5.41, 5.74) is 0. The van der Waals surface area contributed by atoms with Crippen molar-refractivity contribution in [2.75, 3.05) is 13.2 Å². The minimum absolute atomic E-state index is 0. The molecule has 8 N–H and O–H groups in total. The number of aliphatic hydroxyl groups excluding tert-OH is 6. The van der Waals surface area contributed by atoms with Crippen LogP contribution in [0.4, 0.5) is 0 Å². The van der Waals surface area contributed by atoms with Crippen molar-refractivity contribution in [1.29, 1.82) is 0 Å². The molecule has 0 amide bonds. The Bertz CT molecular complexity index is 521. The minimum atomic E-state index is -1.53. The summed E-state index contributed by atoms with van der Waals surface area (Å²) in [6.45, 7) is -1.41. The van der Waals surface area contributed by atoms with E-state index in [1.807, 2.05) is 0 Å². The second-order valence-electron chi connectivity index (χ2n) is 4.58. The number of rotatable bonds is 4. The van der Waals surface area contributed by atoms with Gasteiger partial charge in [-0.2, -0.15) is 0 Å². The van der Waals surface area contributed by atoms with Gasteiger partial charge in [0, 0.05) is 0 Å². The first-order valence-corrected chi connectivity index (χ1v) is 6.35. The molecule has 2 aliphatic heterocycles. The van der Waals surface area contributed by atoms with Crippen molar-refractivity contribution >= 4 is 11.9 Å². The van der Waals surface area contributed by atoms with Crippen LogP contribution in [0.2, 0.25) is 0 Å². The van der Waals surface area contributed by atoms with Gasteiger partial charge < -0.3 is 55.8 Å². The van der Waals surface area contributed by atoms with E-state index in [0.29, 0.717) is 0 Å². The average molecular weight is 419 g/mol. The zero-order valence-electron chi connectivity index (χ0n) is 12.8. The molecule has 0 fully saturated rings. The summed E-state index contributed by atoms with van der Waals surface area (Å²) >= 11 is 0. The van der Waals surface area contributed by atoms with E-state index < -0.39 is 72.6 Å². The number of aliphatic hydroxyl groups is 6. The molecule has 2 rings (SSSR count). The third-order valence-electron chi connectivity index (χ3n) is 2.91. The molecule has 26 heavy (non-hydrogen) atoms. The Hall–Kier alpha value is -2.00. The fourth-order valence-corrected chi connectivity index (χ4v) is 1.62. The molecule has 0 bridgehead atoms. The van der Waals surface area contributed by atoms with Crippen LogP contribution in [0.15, 0.2) is 23.0 Å². The van der Waals surface area contributed by atoms with Crippen LogP contribution in [0.3, 0.4) is 0 Å². The smallest absolute Gasteiger partial charge is 0.873 e. The topological polar surface area (TPSA) is 252 Å². The molecule has 147 valence electrons. The Morgan fingerprint density at radius 3 is 1.65 bits per heavy atom. The van der Waals surface area contributed by atoms with Crippen molar-refractivity contribution in [3.05, 3.63) is 23.0 Å². The van der Waals surface area contributed by atoms with Crippen LogP contribution in [0.25, 0.3) is 0 Å². The summed E-state index contributed by atoms with van der Waals surface area (Å²) in [5, 5.41) is 73.6. The molecule has 4 atom stereocenters. The number of ether oxygens (including phenoxy) is 2. The van der Waals surface area contributed by atoms with Gasteiger partial charge in [0.2, 0.25) is 5.76 Å². The molecule has 0 saturated carbocycles. The molecule has 0 aromatic rings. The second-order valence-corrected chi connectivity index (χ2v) is 4.58. The van der Waals surface area contributed by atoms with Crippen molar-refractivity contribution in [1.82, 2.24) is 0 Å². The number of cyclic esters (lactones) is 2. The van der Waals surface area contributed by atoms with Crippen molar-refractivity contribution in [2.24, 2.45) is 0 Å². The van der Waals surface area contributed by atoms with E-state index in [-0.39, 0.29) is 24.0 Å². The maximum atomic E-state index is 10.7. The van der Waals surface area contributed by atoms with Gasteiger partial charge in [-0.3, -0.25) is 0 Å². The first-order chi connectivity index (χ1) is 11.1.